The number of ether oxygens (including phenoxy) is 7. The van der Waals surface area contributed by atoms with E-state index in [0.29, 0.717) is 53.4 Å². The molecule has 0 saturated heterocycles. The summed E-state index contributed by atoms with van der Waals surface area (Å²) in [6, 6.07) is 23.8. The Hall–Kier alpha value is -5.55. The normalized spacial score (nSPS) is 13.5. The average molecular weight is 710 g/mol. The van der Waals surface area contributed by atoms with Gasteiger partial charge < -0.3 is 43.0 Å². The van der Waals surface area contributed by atoms with Crippen LogP contribution in [-0.4, -0.2) is 53.9 Å². The second-order valence-corrected chi connectivity index (χ2v) is 12.5. The summed E-state index contributed by atoms with van der Waals surface area (Å²) in [5.41, 5.74) is 7.02. The van der Waals surface area contributed by atoms with Crippen molar-refractivity contribution in [1.29, 1.82) is 0 Å². The highest BCUT2D eigenvalue weighted by Gasteiger charge is 2.21. The predicted molar refractivity (Wildman–Crippen MR) is 200 cm³/mol. The predicted octanol–water partition coefficient (Wildman–Crippen LogP) is 8.59. The molecule has 0 aliphatic carbocycles. The van der Waals surface area contributed by atoms with Crippen molar-refractivity contribution in [1.82, 2.24) is 10.5 Å². The van der Waals surface area contributed by atoms with Crippen LogP contribution in [0.25, 0.3) is 22.6 Å². The molecule has 0 amide bonds. The lowest BCUT2D eigenvalue weighted by atomic mass is 10.0. The topological polar surface area (TPSA) is 115 Å². The molecule has 6 rings (SSSR count). The number of benzene rings is 4. The van der Waals surface area contributed by atoms with Crippen LogP contribution in [0.4, 0.5) is 5.69 Å². The smallest absolute Gasteiger partial charge is 0.203 e. The number of methoxy groups -OCH3 is 5. The van der Waals surface area contributed by atoms with E-state index in [1.54, 1.807) is 35.5 Å². The first-order valence-electron chi connectivity index (χ1n) is 17.4. The van der Waals surface area contributed by atoms with Gasteiger partial charge in [0.05, 0.1) is 48.8 Å². The second kappa shape index (κ2) is 17.1. The van der Waals surface area contributed by atoms with Crippen LogP contribution >= 0.6 is 0 Å². The molecule has 2 N–H and O–H groups in total. The van der Waals surface area contributed by atoms with E-state index in [4.69, 9.17) is 37.7 Å². The van der Waals surface area contributed by atoms with Crippen LogP contribution in [0.1, 0.15) is 48.5 Å². The van der Waals surface area contributed by atoms with Crippen molar-refractivity contribution in [3.8, 4) is 62.8 Å². The van der Waals surface area contributed by atoms with Crippen molar-refractivity contribution < 1.29 is 37.7 Å². The number of hydrogen-bond acceptors (Lipinski definition) is 11. The SMILES string of the molecule is COc1cc(C2NCc3cc(C)ccc3N2)ccc1OCCCCCCOc1cc(-c2cc(-c3cc(OC)c(OC)c(OC)c3)on2)ccc1OC. The molecule has 274 valence electrons. The molecule has 4 aromatic carbocycles. The van der Waals surface area contributed by atoms with E-state index in [2.05, 4.69) is 47.0 Å². The summed E-state index contributed by atoms with van der Waals surface area (Å²) in [7, 11) is 8.03. The highest BCUT2D eigenvalue weighted by Crippen LogP contribution is 2.42. The molecule has 0 spiro atoms. The van der Waals surface area contributed by atoms with Crippen LogP contribution in [0, 0.1) is 6.92 Å². The van der Waals surface area contributed by atoms with Crippen molar-refractivity contribution in [2.45, 2.75) is 45.3 Å². The van der Waals surface area contributed by atoms with Gasteiger partial charge in [0.2, 0.25) is 5.75 Å². The number of anilines is 1. The Balaban J connectivity index is 0.969. The molecular formula is C41H47N3O8. The minimum atomic E-state index is -0.00163. The first-order valence-corrected chi connectivity index (χ1v) is 17.4. The van der Waals surface area contributed by atoms with Crippen molar-refractivity contribution >= 4 is 5.69 Å². The summed E-state index contributed by atoms with van der Waals surface area (Å²) in [5.74, 6) is 4.89. The molecule has 1 aliphatic heterocycles. The van der Waals surface area contributed by atoms with Gasteiger partial charge in [-0.1, -0.05) is 28.9 Å². The molecule has 1 aromatic heterocycles. The standard InChI is InChI=1S/C41H47N3O8/c1-26-11-14-31-30(19-26)25-42-41(43-31)28-13-16-34(36(21-28)46-3)50-17-9-7-8-10-18-51-37-20-27(12-15-33(37)45-2)32-24-35(52-44-32)29-22-38(47-4)40(49-6)39(23-29)48-5/h11-16,19-24,41-43H,7-10,17-18,25H2,1-6H3. The summed E-state index contributed by atoms with van der Waals surface area (Å²) in [6.45, 7) is 4.08. The van der Waals surface area contributed by atoms with E-state index in [1.807, 2.05) is 48.5 Å². The van der Waals surface area contributed by atoms with Crippen LogP contribution in [0.15, 0.2) is 77.3 Å². The van der Waals surface area contributed by atoms with E-state index in [0.717, 1.165) is 66.1 Å². The molecule has 0 bridgehead atoms. The zero-order valence-corrected chi connectivity index (χ0v) is 30.7. The summed E-state index contributed by atoms with van der Waals surface area (Å²) in [6.07, 6.45) is 3.83. The molecule has 2 heterocycles. The number of nitrogens with one attached hydrogen (secondary N) is 2. The lowest BCUT2D eigenvalue weighted by Gasteiger charge is -2.29. The van der Waals surface area contributed by atoms with Crippen LogP contribution in [0.5, 0.6) is 40.2 Å². The van der Waals surface area contributed by atoms with E-state index in [1.165, 1.54) is 11.1 Å². The van der Waals surface area contributed by atoms with Gasteiger partial charge in [-0.3, -0.25) is 5.32 Å². The monoisotopic (exact) mass is 709 g/mol. The highest BCUT2D eigenvalue weighted by atomic mass is 16.5. The lowest BCUT2D eigenvalue weighted by molar-refractivity contribution is 0.271. The van der Waals surface area contributed by atoms with Crippen LogP contribution in [0.2, 0.25) is 0 Å². The second-order valence-electron chi connectivity index (χ2n) is 12.5. The average Bonchev–Trinajstić information content (AvgIpc) is 3.68. The fourth-order valence-corrected chi connectivity index (χ4v) is 6.25. The molecule has 0 radical (unpaired) electrons. The van der Waals surface area contributed by atoms with Gasteiger partial charge in [0.25, 0.3) is 0 Å². The number of hydrogen-bond donors (Lipinski definition) is 2. The summed E-state index contributed by atoms with van der Waals surface area (Å²) in [5, 5.41) is 11.5. The van der Waals surface area contributed by atoms with Gasteiger partial charge in [0.1, 0.15) is 11.9 Å². The third kappa shape index (κ3) is 8.32. The van der Waals surface area contributed by atoms with Gasteiger partial charge in [0, 0.05) is 29.4 Å². The maximum absolute atomic E-state index is 6.17. The van der Waals surface area contributed by atoms with Gasteiger partial charge in [-0.15, -0.1) is 0 Å². The quantitative estimate of drug-likeness (QED) is 0.0905. The van der Waals surface area contributed by atoms with Gasteiger partial charge in [-0.2, -0.15) is 0 Å². The Morgan fingerprint density at radius 2 is 1.31 bits per heavy atom. The van der Waals surface area contributed by atoms with Crippen LogP contribution < -0.4 is 43.8 Å². The van der Waals surface area contributed by atoms with E-state index < -0.39 is 0 Å². The number of aromatic nitrogens is 1. The van der Waals surface area contributed by atoms with Gasteiger partial charge in [-0.25, -0.2) is 0 Å². The van der Waals surface area contributed by atoms with Crippen molar-refractivity contribution in [3.05, 3.63) is 89.5 Å². The minimum absolute atomic E-state index is 0.00163. The molecule has 1 unspecified atom stereocenters. The number of unbranched alkanes of at least 4 members (excludes halogenated alkanes) is 3. The molecule has 11 nitrogen and oxygen atoms in total. The highest BCUT2D eigenvalue weighted by molar-refractivity contribution is 5.72. The zero-order valence-electron chi connectivity index (χ0n) is 30.7. The fourth-order valence-electron chi connectivity index (χ4n) is 6.25. The van der Waals surface area contributed by atoms with E-state index in [-0.39, 0.29) is 6.17 Å². The first-order chi connectivity index (χ1) is 25.4. The zero-order chi connectivity index (χ0) is 36.5. The molecular weight excluding hydrogens is 662 g/mol. The van der Waals surface area contributed by atoms with E-state index >= 15 is 0 Å². The molecule has 52 heavy (non-hydrogen) atoms. The number of fused-ring (bicyclic) bond motifs is 1. The van der Waals surface area contributed by atoms with E-state index in [9.17, 15) is 0 Å². The van der Waals surface area contributed by atoms with Crippen LogP contribution in [-0.2, 0) is 6.54 Å². The summed E-state index contributed by atoms with van der Waals surface area (Å²) in [4.78, 5) is 0. The molecule has 11 heteroatoms. The molecule has 0 fully saturated rings. The Kier molecular flexibility index (Phi) is 11.9. The third-order valence-electron chi connectivity index (χ3n) is 9.05. The summed E-state index contributed by atoms with van der Waals surface area (Å²) >= 11 is 0. The van der Waals surface area contributed by atoms with Crippen LogP contribution in [0.3, 0.4) is 0 Å². The van der Waals surface area contributed by atoms with Crippen molar-refractivity contribution in [2.75, 3.05) is 54.1 Å². The lowest BCUT2D eigenvalue weighted by Crippen LogP contribution is -2.32. The third-order valence-corrected chi connectivity index (χ3v) is 9.05. The van der Waals surface area contributed by atoms with Gasteiger partial charge in [-0.05, 0) is 92.3 Å². The number of rotatable bonds is 17. The van der Waals surface area contributed by atoms with Gasteiger partial charge >= 0.3 is 0 Å². The Labute approximate surface area is 305 Å². The Morgan fingerprint density at radius 3 is 2.00 bits per heavy atom. The molecule has 1 aliphatic rings. The molecule has 0 saturated carbocycles. The van der Waals surface area contributed by atoms with Crippen molar-refractivity contribution in [3.63, 3.8) is 0 Å². The van der Waals surface area contributed by atoms with Crippen molar-refractivity contribution in [2.24, 2.45) is 0 Å². The minimum Gasteiger partial charge on any atom is -0.493 e. The maximum atomic E-state index is 6.17. The first kappa shape index (κ1) is 36.2. The largest absolute Gasteiger partial charge is 0.493 e. The van der Waals surface area contributed by atoms with Gasteiger partial charge in [0.15, 0.2) is 40.3 Å². The molecule has 1 atom stereocenters. The Morgan fingerprint density at radius 1 is 0.635 bits per heavy atom. The summed E-state index contributed by atoms with van der Waals surface area (Å²) < 4.78 is 45.7. The number of aryl methyl sites for hydroxylation is 1. The Bertz CT molecular complexity index is 1930. The fraction of sp³-hybridized carbons (Fsp3) is 0.341. The molecule has 5 aromatic rings. The number of nitrogens with zero attached hydrogens (tertiary/aromatic N) is 1. The maximum Gasteiger partial charge on any atom is 0.203 e.